The zero-order chi connectivity index (χ0) is 39.8. The Morgan fingerprint density at radius 2 is 1.40 bits per heavy atom. The molecule has 1 radical (unpaired) electrons. The Hall–Kier alpha value is -5.46. The van der Waals surface area contributed by atoms with Crippen molar-refractivity contribution < 1.29 is 28.9 Å². The van der Waals surface area contributed by atoms with Crippen molar-refractivity contribution in [1.82, 2.24) is 14.5 Å². The fourth-order valence-electron chi connectivity index (χ4n) is 7.47. The van der Waals surface area contributed by atoms with E-state index in [0.29, 0.717) is 11.8 Å². The van der Waals surface area contributed by atoms with Crippen LogP contribution in [0.15, 0.2) is 144 Å². The molecule has 3 aromatic heterocycles. The molecule has 0 fully saturated rings. The van der Waals surface area contributed by atoms with Crippen LogP contribution in [0.1, 0.15) is 50.7 Å². The summed E-state index contributed by atoms with van der Waals surface area (Å²) >= 11 is 0. The molecule has 0 bridgehead atoms. The van der Waals surface area contributed by atoms with Crippen molar-refractivity contribution in [2.75, 3.05) is 0 Å². The van der Waals surface area contributed by atoms with Crippen LogP contribution in [-0.2, 0) is 20.1 Å². The summed E-state index contributed by atoms with van der Waals surface area (Å²) in [6, 6.07) is 50.6. The summed E-state index contributed by atoms with van der Waals surface area (Å²) in [7, 11) is -1.23. The summed E-state index contributed by atoms with van der Waals surface area (Å²) in [4.78, 5) is 9.71. The van der Waals surface area contributed by atoms with Gasteiger partial charge in [0.05, 0.1) is 30.5 Å². The number of rotatable bonds is 7. The van der Waals surface area contributed by atoms with Crippen LogP contribution in [0.2, 0.25) is 19.6 Å². The first-order valence-electron chi connectivity index (χ1n) is 19.7. The minimum atomic E-state index is -1.23. The summed E-state index contributed by atoms with van der Waals surface area (Å²) < 4.78 is 22.5. The average molecular weight is 956 g/mol. The van der Waals surface area contributed by atoms with E-state index >= 15 is 0 Å². The normalized spacial score (nSPS) is 11.6. The van der Waals surface area contributed by atoms with E-state index in [0.717, 1.165) is 66.7 Å². The molecular formula is C51H46FIrN3OSi-2. The Bertz CT molecular complexity index is 2810. The molecule has 0 unspecified atom stereocenters. The largest absolute Gasteiger partial charge is 0.501 e. The van der Waals surface area contributed by atoms with Gasteiger partial charge < -0.3 is 14.0 Å². The molecule has 0 amide bonds. The molecule has 0 aliphatic carbocycles. The molecule has 3 heterocycles. The van der Waals surface area contributed by atoms with Crippen LogP contribution in [0.3, 0.4) is 0 Å². The Labute approximate surface area is 355 Å². The molecule has 9 rings (SSSR count). The number of fused-ring (bicyclic) bond motifs is 4. The molecule has 0 atom stereocenters. The molecule has 0 N–H and O–H groups in total. The fourth-order valence-corrected chi connectivity index (χ4v) is 8.50. The van der Waals surface area contributed by atoms with Gasteiger partial charge in [0, 0.05) is 37.4 Å². The summed E-state index contributed by atoms with van der Waals surface area (Å²) in [5.41, 5.74) is 12.0. The third kappa shape index (κ3) is 8.00. The van der Waals surface area contributed by atoms with Crippen molar-refractivity contribution in [2.24, 2.45) is 0 Å². The first kappa shape index (κ1) is 40.7. The minimum Gasteiger partial charge on any atom is -0.501 e. The van der Waals surface area contributed by atoms with Gasteiger partial charge in [0.15, 0.2) is 0 Å². The maximum absolute atomic E-state index is 13.5. The maximum atomic E-state index is 13.5. The van der Waals surface area contributed by atoms with Crippen LogP contribution >= 0.6 is 0 Å². The van der Waals surface area contributed by atoms with E-state index in [1.54, 1.807) is 12.1 Å². The number of hydrogen-bond donors (Lipinski definition) is 0. The molecule has 0 aliphatic heterocycles. The van der Waals surface area contributed by atoms with Crippen molar-refractivity contribution >= 4 is 46.2 Å². The van der Waals surface area contributed by atoms with Crippen molar-refractivity contribution in [1.29, 1.82) is 0 Å². The first-order chi connectivity index (χ1) is 27.5. The number of hydrogen-bond acceptors (Lipinski definition) is 3. The zero-order valence-corrected chi connectivity index (χ0v) is 37.3. The molecule has 58 heavy (non-hydrogen) atoms. The number of nitrogens with zero attached hydrogens (tertiary/aromatic N) is 3. The van der Waals surface area contributed by atoms with E-state index < -0.39 is 8.07 Å². The van der Waals surface area contributed by atoms with Gasteiger partial charge in [-0.3, -0.25) is 4.98 Å². The number of halogens is 1. The number of pyridine rings is 1. The van der Waals surface area contributed by atoms with E-state index in [1.807, 2.05) is 48.7 Å². The number of furan rings is 1. The summed E-state index contributed by atoms with van der Waals surface area (Å²) in [5, 5.41) is 3.43. The molecule has 7 heteroatoms. The van der Waals surface area contributed by atoms with Gasteiger partial charge in [-0.1, -0.05) is 125 Å². The molecule has 9 aromatic rings. The monoisotopic (exact) mass is 956 g/mol. The Kier molecular flexibility index (Phi) is 11.8. The molecule has 0 saturated carbocycles. The molecule has 293 valence electrons. The third-order valence-electron chi connectivity index (χ3n) is 10.6. The maximum Gasteiger partial charge on any atom is 0.123 e. The van der Waals surface area contributed by atoms with Crippen LogP contribution in [0.5, 0.6) is 0 Å². The van der Waals surface area contributed by atoms with Crippen LogP contribution in [0.4, 0.5) is 4.39 Å². The molecule has 0 saturated heterocycles. The zero-order valence-electron chi connectivity index (χ0n) is 33.9. The fraction of sp³-hybridized carbons (Fsp3) is 0.176. The van der Waals surface area contributed by atoms with E-state index in [9.17, 15) is 4.39 Å². The van der Waals surface area contributed by atoms with Crippen molar-refractivity contribution in [3.63, 3.8) is 0 Å². The van der Waals surface area contributed by atoms with Crippen molar-refractivity contribution in [2.45, 2.75) is 59.2 Å². The van der Waals surface area contributed by atoms with Crippen LogP contribution in [0, 0.1) is 17.9 Å². The molecule has 4 nitrogen and oxygen atoms in total. The summed E-state index contributed by atoms with van der Waals surface area (Å²) in [6.07, 6.45) is 2.02. The summed E-state index contributed by atoms with van der Waals surface area (Å²) in [5.74, 6) is 1.22. The minimum absolute atomic E-state index is 0. The Morgan fingerprint density at radius 1 is 0.690 bits per heavy atom. The first-order valence-corrected chi connectivity index (χ1v) is 23.2. The van der Waals surface area contributed by atoms with E-state index in [4.69, 9.17) is 9.40 Å². The van der Waals surface area contributed by atoms with Gasteiger partial charge in [-0.05, 0) is 75.3 Å². The predicted molar refractivity (Wildman–Crippen MR) is 238 cm³/mol. The predicted octanol–water partition coefficient (Wildman–Crippen LogP) is 13.5. The molecule has 0 spiro atoms. The quantitative estimate of drug-likeness (QED) is 0.118. The van der Waals surface area contributed by atoms with Crippen LogP contribution in [0.25, 0.3) is 72.4 Å². The second kappa shape index (κ2) is 16.8. The Balaban J connectivity index is 0.000000254. The summed E-state index contributed by atoms with van der Waals surface area (Å²) in [6.45, 7) is 16.0. The van der Waals surface area contributed by atoms with Crippen LogP contribution in [-0.4, -0.2) is 22.6 Å². The van der Waals surface area contributed by atoms with Gasteiger partial charge in [-0.25, -0.2) is 4.39 Å². The van der Waals surface area contributed by atoms with Gasteiger partial charge in [-0.2, -0.15) is 0 Å². The van der Waals surface area contributed by atoms with Crippen LogP contribution < -0.4 is 5.19 Å². The topological polar surface area (TPSA) is 43.9 Å². The van der Waals surface area contributed by atoms with Gasteiger partial charge in [0.2, 0.25) is 0 Å². The second-order valence-corrected chi connectivity index (χ2v) is 21.3. The second-order valence-electron chi connectivity index (χ2n) is 16.2. The van der Waals surface area contributed by atoms with Gasteiger partial charge in [-0.15, -0.1) is 54.1 Å². The van der Waals surface area contributed by atoms with Crippen molar-refractivity contribution in [3.8, 4) is 39.5 Å². The SMILES string of the molecule is CC(C)c1cccc(C(C)C)c1-n1c(-c2[c-]ccc3c2oc2cc(-c4ccc(F)cc4)ccc23)nc2ccccc21.C[Si](C)(C)c1ccc(-c2[c-]cccc2)nc1.[Ir]. The number of imidazole rings is 1. The molecular weight excluding hydrogens is 910 g/mol. The average Bonchev–Trinajstić information content (AvgIpc) is 3.79. The van der Waals surface area contributed by atoms with E-state index in [1.165, 1.54) is 34.1 Å². The van der Waals surface area contributed by atoms with E-state index in [2.05, 4.69) is 136 Å². The van der Waals surface area contributed by atoms with Gasteiger partial charge >= 0.3 is 0 Å². The number of benzene rings is 6. The number of aromatic nitrogens is 3. The number of para-hydroxylation sites is 3. The smallest absolute Gasteiger partial charge is 0.123 e. The van der Waals surface area contributed by atoms with E-state index in [-0.39, 0.29) is 25.9 Å². The third-order valence-corrected chi connectivity index (χ3v) is 12.6. The molecule has 0 aliphatic rings. The van der Waals surface area contributed by atoms with Gasteiger partial charge in [0.1, 0.15) is 11.4 Å². The standard InChI is InChI=1S/C37H30FN2O.C14H16NSi.Ir/c1-22(2)27-9-7-10-28(23(3)4)35(27)40-33-14-6-5-13-32(33)39-37(40)31-12-8-11-30-29-20-17-25(21-34(29)41-36(30)31)24-15-18-26(38)19-16-24;1-16(2,3)13-9-10-14(15-11-13)12-7-5-4-6-8-12;/h5-11,13-23H,1-4H3;4-7,9-11H,1-3H3;/q2*-1;. The molecule has 6 aromatic carbocycles. The van der Waals surface area contributed by atoms with Crippen molar-refractivity contribution in [3.05, 3.63) is 169 Å². The Morgan fingerprint density at radius 3 is 2.05 bits per heavy atom. The van der Waals surface area contributed by atoms with Gasteiger partial charge in [0.25, 0.3) is 0 Å².